The van der Waals surface area contributed by atoms with E-state index in [1.54, 1.807) is 0 Å². The second-order valence-electron chi connectivity index (χ2n) is 6.68. The van der Waals surface area contributed by atoms with Crippen LogP contribution in [0.4, 0.5) is 0 Å². The molecule has 2 heterocycles. The highest BCUT2D eigenvalue weighted by molar-refractivity contribution is 5.80. The number of hydrogen-bond donors (Lipinski definition) is 2. The van der Waals surface area contributed by atoms with E-state index in [1.165, 1.54) is 11.1 Å². The molecule has 1 atom stereocenters. The van der Waals surface area contributed by atoms with Crippen LogP contribution in [0.1, 0.15) is 50.0 Å². The van der Waals surface area contributed by atoms with Gasteiger partial charge in [-0.15, -0.1) is 0 Å². The lowest BCUT2D eigenvalue weighted by atomic mass is 10.1. The first-order valence-corrected chi connectivity index (χ1v) is 9.77. The van der Waals surface area contributed by atoms with Crippen LogP contribution in [0.3, 0.4) is 0 Å². The SMILES string of the molecule is CCNC(=NCc1ccccc1CC)NC1CCc2nc(CC)nn2C1. The van der Waals surface area contributed by atoms with Crippen LogP contribution in [-0.2, 0) is 32.4 Å². The number of nitrogens with zero attached hydrogens (tertiary/aromatic N) is 4. The zero-order chi connectivity index (χ0) is 18.4. The summed E-state index contributed by atoms with van der Waals surface area (Å²) in [5.74, 6) is 2.93. The van der Waals surface area contributed by atoms with E-state index in [9.17, 15) is 0 Å². The summed E-state index contributed by atoms with van der Waals surface area (Å²) in [6, 6.07) is 8.86. The molecule has 26 heavy (non-hydrogen) atoms. The number of rotatable bonds is 6. The van der Waals surface area contributed by atoms with E-state index >= 15 is 0 Å². The summed E-state index contributed by atoms with van der Waals surface area (Å²) in [4.78, 5) is 9.41. The number of fused-ring (bicyclic) bond motifs is 1. The molecule has 0 aliphatic carbocycles. The van der Waals surface area contributed by atoms with Gasteiger partial charge in [-0.2, -0.15) is 5.10 Å². The first-order chi connectivity index (χ1) is 12.7. The van der Waals surface area contributed by atoms with Gasteiger partial charge in [0.1, 0.15) is 5.82 Å². The maximum Gasteiger partial charge on any atom is 0.191 e. The first kappa shape index (κ1) is 18.4. The summed E-state index contributed by atoms with van der Waals surface area (Å²) in [7, 11) is 0. The fraction of sp³-hybridized carbons (Fsp3) is 0.550. The van der Waals surface area contributed by atoms with Gasteiger partial charge in [0.2, 0.25) is 0 Å². The van der Waals surface area contributed by atoms with Gasteiger partial charge in [0.05, 0.1) is 13.1 Å². The summed E-state index contributed by atoms with van der Waals surface area (Å²) >= 11 is 0. The molecule has 1 aliphatic rings. The van der Waals surface area contributed by atoms with Crippen molar-refractivity contribution in [2.75, 3.05) is 6.54 Å². The Morgan fingerprint density at radius 3 is 2.73 bits per heavy atom. The van der Waals surface area contributed by atoms with Crippen molar-refractivity contribution in [3.63, 3.8) is 0 Å². The molecule has 0 amide bonds. The average molecular weight is 355 g/mol. The maximum atomic E-state index is 4.81. The number of hydrogen-bond acceptors (Lipinski definition) is 3. The highest BCUT2D eigenvalue weighted by Gasteiger charge is 2.22. The molecule has 0 bridgehead atoms. The van der Waals surface area contributed by atoms with Crippen LogP contribution < -0.4 is 10.6 Å². The van der Waals surface area contributed by atoms with Gasteiger partial charge in [-0.1, -0.05) is 38.1 Å². The Morgan fingerprint density at radius 1 is 1.19 bits per heavy atom. The van der Waals surface area contributed by atoms with Crippen molar-refractivity contribution in [2.24, 2.45) is 4.99 Å². The number of benzene rings is 1. The minimum atomic E-state index is 0.327. The molecule has 140 valence electrons. The molecule has 0 radical (unpaired) electrons. The zero-order valence-electron chi connectivity index (χ0n) is 16.1. The number of nitrogens with one attached hydrogen (secondary N) is 2. The molecule has 0 fully saturated rings. The predicted octanol–water partition coefficient (Wildman–Crippen LogP) is 2.47. The van der Waals surface area contributed by atoms with Crippen LogP contribution in [0, 0.1) is 0 Å². The quantitative estimate of drug-likeness (QED) is 0.618. The van der Waals surface area contributed by atoms with Crippen LogP contribution in [0.5, 0.6) is 0 Å². The van der Waals surface area contributed by atoms with Crippen molar-refractivity contribution in [3.05, 3.63) is 47.0 Å². The number of aryl methyl sites for hydroxylation is 3. The third-order valence-corrected chi connectivity index (χ3v) is 4.81. The topological polar surface area (TPSA) is 67.1 Å². The normalized spacial score (nSPS) is 17.0. The van der Waals surface area contributed by atoms with Gasteiger partial charge < -0.3 is 10.6 Å². The number of aromatic nitrogens is 3. The van der Waals surface area contributed by atoms with E-state index in [2.05, 4.69) is 70.4 Å². The van der Waals surface area contributed by atoms with E-state index in [-0.39, 0.29) is 0 Å². The minimum Gasteiger partial charge on any atom is -0.357 e. The van der Waals surface area contributed by atoms with Crippen molar-refractivity contribution in [3.8, 4) is 0 Å². The molecule has 0 saturated carbocycles. The third-order valence-electron chi connectivity index (χ3n) is 4.81. The lowest BCUT2D eigenvalue weighted by molar-refractivity contribution is 0.392. The molecular formula is C20H30N6. The highest BCUT2D eigenvalue weighted by Crippen LogP contribution is 2.14. The van der Waals surface area contributed by atoms with Crippen LogP contribution in [0.15, 0.2) is 29.3 Å². The van der Waals surface area contributed by atoms with Gasteiger partial charge in [0.25, 0.3) is 0 Å². The molecule has 1 aliphatic heterocycles. The Balaban J connectivity index is 1.66. The van der Waals surface area contributed by atoms with Gasteiger partial charge in [0.15, 0.2) is 11.8 Å². The Labute approximate surface area is 156 Å². The fourth-order valence-corrected chi connectivity index (χ4v) is 3.36. The van der Waals surface area contributed by atoms with E-state index < -0.39 is 0 Å². The highest BCUT2D eigenvalue weighted by atomic mass is 15.4. The average Bonchev–Trinajstić information content (AvgIpc) is 3.09. The standard InChI is InChI=1S/C20H30N6/c1-4-15-9-7-8-10-16(15)13-22-20(21-6-3)23-17-11-12-19-24-18(5-2)25-26(19)14-17/h7-10,17H,4-6,11-14H2,1-3H3,(H2,21,22,23). The third kappa shape index (κ3) is 4.42. The van der Waals surface area contributed by atoms with Gasteiger partial charge in [0, 0.05) is 25.4 Å². The van der Waals surface area contributed by atoms with Gasteiger partial charge in [-0.3, -0.25) is 0 Å². The monoisotopic (exact) mass is 354 g/mol. The number of aliphatic imine (C=N–C) groups is 1. The number of guanidine groups is 1. The second kappa shape index (κ2) is 8.83. The molecule has 2 N–H and O–H groups in total. The predicted molar refractivity (Wildman–Crippen MR) is 105 cm³/mol. The molecule has 3 rings (SSSR count). The molecule has 2 aromatic rings. The van der Waals surface area contributed by atoms with Gasteiger partial charge in [-0.05, 0) is 30.9 Å². The van der Waals surface area contributed by atoms with Crippen LogP contribution in [0.25, 0.3) is 0 Å². The molecule has 1 aromatic carbocycles. The minimum absolute atomic E-state index is 0.327. The van der Waals surface area contributed by atoms with Gasteiger partial charge in [-0.25, -0.2) is 14.7 Å². The Morgan fingerprint density at radius 2 is 2.00 bits per heavy atom. The zero-order valence-corrected chi connectivity index (χ0v) is 16.1. The van der Waals surface area contributed by atoms with Gasteiger partial charge >= 0.3 is 0 Å². The lowest BCUT2D eigenvalue weighted by Crippen LogP contribution is -2.47. The van der Waals surface area contributed by atoms with E-state index in [4.69, 9.17) is 4.99 Å². The van der Waals surface area contributed by atoms with Crippen molar-refractivity contribution >= 4 is 5.96 Å². The molecule has 1 unspecified atom stereocenters. The Bertz CT molecular complexity index is 749. The smallest absolute Gasteiger partial charge is 0.191 e. The molecule has 1 aromatic heterocycles. The van der Waals surface area contributed by atoms with Crippen LogP contribution in [-0.4, -0.2) is 33.3 Å². The van der Waals surface area contributed by atoms with E-state index in [0.717, 1.165) is 56.4 Å². The van der Waals surface area contributed by atoms with Crippen LogP contribution >= 0.6 is 0 Å². The molecule has 0 saturated heterocycles. The molecule has 0 spiro atoms. The van der Waals surface area contributed by atoms with E-state index in [0.29, 0.717) is 12.6 Å². The van der Waals surface area contributed by atoms with Crippen molar-refractivity contribution in [2.45, 2.75) is 65.6 Å². The lowest BCUT2D eigenvalue weighted by Gasteiger charge is -2.25. The van der Waals surface area contributed by atoms with E-state index in [1.807, 2.05) is 0 Å². The Kier molecular flexibility index (Phi) is 6.26. The Hall–Kier alpha value is -2.37. The summed E-state index contributed by atoms with van der Waals surface area (Å²) in [6.45, 7) is 8.78. The summed E-state index contributed by atoms with van der Waals surface area (Å²) in [6.07, 6.45) is 3.94. The largest absolute Gasteiger partial charge is 0.357 e. The molecule has 6 heteroatoms. The molecular weight excluding hydrogens is 324 g/mol. The first-order valence-electron chi connectivity index (χ1n) is 9.77. The summed E-state index contributed by atoms with van der Waals surface area (Å²) in [5.41, 5.74) is 2.66. The summed E-state index contributed by atoms with van der Waals surface area (Å²) < 4.78 is 2.05. The van der Waals surface area contributed by atoms with Crippen molar-refractivity contribution < 1.29 is 0 Å². The summed E-state index contributed by atoms with van der Waals surface area (Å²) in [5, 5.41) is 11.5. The van der Waals surface area contributed by atoms with Crippen LogP contribution in [0.2, 0.25) is 0 Å². The maximum absolute atomic E-state index is 4.81. The molecule has 6 nitrogen and oxygen atoms in total. The van der Waals surface area contributed by atoms with Crippen molar-refractivity contribution in [1.82, 2.24) is 25.4 Å². The fourth-order valence-electron chi connectivity index (χ4n) is 3.36. The van der Waals surface area contributed by atoms with Crippen molar-refractivity contribution in [1.29, 1.82) is 0 Å². The second-order valence-corrected chi connectivity index (χ2v) is 6.68.